The van der Waals surface area contributed by atoms with Crippen molar-refractivity contribution in [3.63, 3.8) is 0 Å². The number of hydrogen-bond donors (Lipinski definition) is 11. The van der Waals surface area contributed by atoms with Crippen LogP contribution in [0.2, 0.25) is 0 Å². The van der Waals surface area contributed by atoms with Gasteiger partial charge in [0, 0.05) is 25.7 Å². The van der Waals surface area contributed by atoms with Gasteiger partial charge in [0.05, 0.1) is 12.6 Å². The van der Waals surface area contributed by atoms with E-state index in [-0.39, 0.29) is 50.9 Å². The van der Waals surface area contributed by atoms with Crippen LogP contribution in [0.3, 0.4) is 0 Å². The first-order valence-corrected chi connectivity index (χ1v) is 21.5. The van der Waals surface area contributed by atoms with Crippen molar-refractivity contribution in [1.82, 2.24) is 37.3 Å². The van der Waals surface area contributed by atoms with Gasteiger partial charge in [0.25, 0.3) is 5.91 Å². The number of benzene rings is 2. The van der Waals surface area contributed by atoms with Gasteiger partial charge in [0.1, 0.15) is 30.2 Å². The normalized spacial score (nSPS) is 13.8. The summed E-state index contributed by atoms with van der Waals surface area (Å²) >= 11 is 1.47. The first kappa shape index (κ1) is 52.1. The van der Waals surface area contributed by atoms with Gasteiger partial charge in [0.15, 0.2) is 0 Å². The van der Waals surface area contributed by atoms with Gasteiger partial charge in [0.2, 0.25) is 47.3 Å². The van der Waals surface area contributed by atoms with E-state index in [9.17, 15) is 43.2 Å². The summed E-state index contributed by atoms with van der Waals surface area (Å²) in [6.07, 6.45) is 1.37. The van der Waals surface area contributed by atoms with E-state index in [0.717, 1.165) is 0 Å². The van der Waals surface area contributed by atoms with Gasteiger partial charge in [-0.2, -0.15) is 11.8 Å². The molecule has 2 aromatic rings. The van der Waals surface area contributed by atoms with Crippen molar-refractivity contribution in [3.8, 4) is 0 Å². The Balaban J connectivity index is 2.34. The number of nitrogens with one attached hydrogen (secondary N) is 7. The Labute approximate surface area is 365 Å². The minimum Gasteiger partial charge on any atom is -0.370 e. The van der Waals surface area contributed by atoms with Crippen molar-refractivity contribution >= 4 is 64.9 Å². The summed E-state index contributed by atoms with van der Waals surface area (Å²) in [7, 11) is 0. The molecule has 0 unspecified atom stereocenters. The maximum atomic E-state index is 14.1. The highest BCUT2D eigenvalue weighted by molar-refractivity contribution is 7.98. The lowest BCUT2D eigenvalue weighted by Gasteiger charge is -2.26. The van der Waals surface area contributed by atoms with Gasteiger partial charge in [-0.1, -0.05) is 74.5 Å². The Morgan fingerprint density at radius 2 is 1.02 bits per heavy atom. The number of primary amides is 2. The quantitative estimate of drug-likeness (QED) is 0.0243. The molecule has 340 valence electrons. The molecule has 0 radical (unpaired) electrons. The van der Waals surface area contributed by atoms with Crippen LogP contribution in [-0.4, -0.2) is 108 Å². The summed E-state index contributed by atoms with van der Waals surface area (Å²) < 4.78 is 0. The van der Waals surface area contributed by atoms with Crippen LogP contribution in [0.1, 0.15) is 63.5 Å². The second-order valence-corrected chi connectivity index (χ2v) is 16.0. The summed E-state index contributed by atoms with van der Waals surface area (Å²) in [6.45, 7) is 3.10. The maximum Gasteiger partial charge on any atom is 0.256 e. The molecular weight excluding hydrogens is 823 g/mol. The molecule has 15 N–H and O–H groups in total. The molecule has 0 spiro atoms. The molecule has 0 saturated carbocycles. The number of rotatable bonds is 28. The lowest BCUT2D eigenvalue weighted by molar-refractivity contribution is -0.134. The lowest BCUT2D eigenvalue weighted by Crippen LogP contribution is -2.59. The van der Waals surface area contributed by atoms with Crippen LogP contribution in [0.15, 0.2) is 60.7 Å². The lowest BCUT2D eigenvalue weighted by atomic mass is 10.0. The van der Waals surface area contributed by atoms with E-state index in [2.05, 4.69) is 31.9 Å². The fourth-order valence-electron chi connectivity index (χ4n) is 6.04. The first-order chi connectivity index (χ1) is 29.4. The molecule has 0 fully saturated rings. The SMILES string of the molecule is CSCC[C@@H](NC(=O)[C@H](CC(C)C)NC(=O)CNC(=O)[C@H](Cc1ccccc1)NC(=O)[C@H](Cc1ccccc1)NC(=O)[C@H](CCC(N)=O)NC(=O)[C@@H](N)CCC(N)=O)C(=O)NN. The molecule has 0 aliphatic rings. The highest BCUT2D eigenvalue weighted by atomic mass is 32.2. The van der Waals surface area contributed by atoms with Crippen LogP contribution < -0.4 is 60.4 Å². The molecule has 0 aliphatic heterocycles. The predicted octanol–water partition coefficient (Wildman–Crippen LogP) is -2.34. The number of hydrogen-bond acceptors (Lipinski definition) is 12. The molecule has 0 bridgehead atoms. The Hall–Kier alpha value is -6.06. The first-order valence-electron chi connectivity index (χ1n) is 20.1. The summed E-state index contributed by atoms with van der Waals surface area (Å²) in [4.78, 5) is 116. The second-order valence-electron chi connectivity index (χ2n) is 15.0. The smallest absolute Gasteiger partial charge is 0.256 e. The van der Waals surface area contributed by atoms with Crippen LogP contribution in [0, 0.1) is 5.92 Å². The number of hydrazine groups is 1. The Morgan fingerprint density at radius 1 is 0.565 bits per heavy atom. The van der Waals surface area contributed by atoms with E-state index in [1.807, 2.05) is 25.5 Å². The molecule has 62 heavy (non-hydrogen) atoms. The number of carbonyl (C=O) groups excluding carboxylic acids is 9. The van der Waals surface area contributed by atoms with Gasteiger partial charge in [-0.15, -0.1) is 0 Å². The fourth-order valence-corrected chi connectivity index (χ4v) is 6.51. The van der Waals surface area contributed by atoms with Crippen LogP contribution in [0.25, 0.3) is 0 Å². The van der Waals surface area contributed by atoms with Gasteiger partial charge in [-0.3, -0.25) is 48.6 Å². The van der Waals surface area contributed by atoms with Gasteiger partial charge >= 0.3 is 0 Å². The van der Waals surface area contributed by atoms with Gasteiger partial charge in [-0.25, -0.2) is 5.84 Å². The van der Waals surface area contributed by atoms with E-state index in [1.165, 1.54) is 11.8 Å². The zero-order chi connectivity index (χ0) is 46.2. The van der Waals surface area contributed by atoms with Gasteiger partial charge in [-0.05, 0) is 54.7 Å². The van der Waals surface area contributed by atoms with Crippen LogP contribution in [0.5, 0.6) is 0 Å². The molecule has 0 aliphatic carbocycles. The highest BCUT2D eigenvalue weighted by Crippen LogP contribution is 2.10. The topological polar surface area (TPSA) is 342 Å². The number of nitrogens with two attached hydrogens (primary N) is 4. The molecule has 21 heteroatoms. The Kier molecular flexibility index (Phi) is 23.3. The largest absolute Gasteiger partial charge is 0.370 e. The maximum absolute atomic E-state index is 14.1. The average Bonchev–Trinajstić information content (AvgIpc) is 3.23. The average molecular weight is 884 g/mol. The van der Waals surface area contributed by atoms with Gasteiger partial charge < -0.3 is 49.1 Å². The summed E-state index contributed by atoms with van der Waals surface area (Å²) in [5.41, 5.74) is 19.7. The van der Waals surface area contributed by atoms with Crippen molar-refractivity contribution < 1.29 is 43.2 Å². The molecule has 6 atom stereocenters. The Bertz CT molecular complexity index is 1820. The molecule has 2 rings (SSSR count). The van der Waals surface area contributed by atoms with E-state index in [1.54, 1.807) is 60.7 Å². The highest BCUT2D eigenvalue weighted by Gasteiger charge is 2.32. The van der Waals surface area contributed by atoms with Crippen LogP contribution >= 0.6 is 11.8 Å². The van der Waals surface area contributed by atoms with Crippen LogP contribution in [-0.2, 0) is 56.0 Å². The van der Waals surface area contributed by atoms with E-state index in [0.29, 0.717) is 23.3 Å². The third kappa shape index (κ3) is 20.0. The standard InChI is InChI=1S/C41H61N11O9S/c1-24(2)20-30(39(59)49-29(18-19-62-3)41(61)52-45)47-35(55)23-46-37(57)31(21-25-10-6-4-7-11-25)50-40(60)32(22-26-12-8-5-9-13-26)51-38(58)28(15-17-34(44)54)48-36(56)27(42)14-16-33(43)53/h4-13,24,27-32H,14-23,42,45H2,1-3H3,(H2,43,53)(H2,44,54)(H,46,57)(H,47,55)(H,48,56)(H,49,59)(H,50,60)(H,51,58)(H,52,61)/t27-,28-,29+,30-,31-,32-/m0/s1. The number of thioether (sulfide) groups is 1. The molecule has 0 saturated heterocycles. The number of amides is 9. The zero-order valence-corrected chi connectivity index (χ0v) is 36.1. The monoisotopic (exact) mass is 883 g/mol. The molecule has 0 heterocycles. The number of carbonyl (C=O) groups is 9. The molecular formula is C41H61N11O9S. The third-order valence-corrected chi connectivity index (χ3v) is 9.99. The van der Waals surface area contributed by atoms with Crippen molar-refractivity contribution in [2.24, 2.45) is 29.0 Å². The minimum atomic E-state index is -1.39. The third-order valence-electron chi connectivity index (χ3n) is 9.35. The van der Waals surface area contributed by atoms with E-state index < -0.39 is 96.0 Å². The molecule has 2 aromatic carbocycles. The summed E-state index contributed by atoms with van der Waals surface area (Å²) in [6, 6.07) is 10.1. The fraction of sp³-hybridized carbons (Fsp3) is 0.488. The van der Waals surface area contributed by atoms with Crippen molar-refractivity contribution in [2.75, 3.05) is 18.6 Å². The predicted molar refractivity (Wildman–Crippen MR) is 233 cm³/mol. The zero-order valence-electron chi connectivity index (χ0n) is 35.3. The molecule has 0 aromatic heterocycles. The second kappa shape index (κ2) is 27.7. The van der Waals surface area contributed by atoms with E-state index in [4.69, 9.17) is 23.0 Å². The molecule has 20 nitrogen and oxygen atoms in total. The minimum absolute atomic E-state index is 0.0362. The summed E-state index contributed by atoms with van der Waals surface area (Å²) in [5.74, 6) is -0.798. The van der Waals surface area contributed by atoms with E-state index >= 15 is 0 Å². The van der Waals surface area contributed by atoms with Crippen molar-refractivity contribution in [3.05, 3.63) is 71.8 Å². The summed E-state index contributed by atoms with van der Waals surface area (Å²) in [5, 5.41) is 15.6. The Morgan fingerprint density at radius 3 is 1.52 bits per heavy atom. The molecule has 9 amide bonds. The van der Waals surface area contributed by atoms with Crippen LogP contribution in [0.4, 0.5) is 0 Å². The van der Waals surface area contributed by atoms with Crippen molar-refractivity contribution in [2.45, 2.75) is 101 Å². The van der Waals surface area contributed by atoms with Crippen molar-refractivity contribution in [1.29, 1.82) is 0 Å².